The lowest BCUT2D eigenvalue weighted by atomic mass is 9.97. The monoisotopic (exact) mass is 262 g/mol. The third-order valence-corrected chi connectivity index (χ3v) is 2.83. The average molecular weight is 262 g/mol. The van der Waals surface area contributed by atoms with Gasteiger partial charge < -0.3 is 14.8 Å². The van der Waals surface area contributed by atoms with Gasteiger partial charge in [0.15, 0.2) is 11.5 Å². The van der Waals surface area contributed by atoms with Crippen LogP contribution in [0.4, 0.5) is 0 Å². The van der Waals surface area contributed by atoms with E-state index in [1.54, 1.807) is 14.2 Å². The van der Waals surface area contributed by atoms with Crippen LogP contribution in [0.15, 0.2) is 18.2 Å². The first-order chi connectivity index (χ1) is 9.12. The zero-order valence-corrected chi connectivity index (χ0v) is 11.4. The summed E-state index contributed by atoms with van der Waals surface area (Å²) in [7, 11) is 3.15. The molecule has 1 amide bonds. The maximum absolute atomic E-state index is 11.5. The molecule has 0 radical (unpaired) electrons. The summed E-state index contributed by atoms with van der Waals surface area (Å²) in [6, 6.07) is 7.46. The van der Waals surface area contributed by atoms with E-state index in [0.29, 0.717) is 17.9 Å². The third kappa shape index (κ3) is 4.18. The highest BCUT2D eigenvalue weighted by Gasteiger charge is 2.13. The van der Waals surface area contributed by atoms with E-state index in [1.807, 2.05) is 31.2 Å². The molecule has 1 aromatic carbocycles. The van der Waals surface area contributed by atoms with E-state index >= 15 is 0 Å². The van der Waals surface area contributed by atoms with Crippen LogP contribution >= 0.6 is 0 Å². The van der Waals surface area contributed by atoms with Crippen molar-refractivity contribution in [3.05, 3.63) is 23.8 Å². The van der Waals surface area contributed by atoms with Crippen molar-refractivity contribution in [2.24, 2.45) is 0 Å². The molecule has 19 heavy (non-hydrogen) atoms. The van der Waals surface area contributed by atoms with Crippen molar-refractivity contribution in [2.75, 3.05) is 20.8 Å². The summed E-state index contributed by atoms with van der Waals surface area (Å²) in [6.45, 7) is 1.99. The number of carbonyl (C=O) groups excluding carboxylic acids is 1. The predicted octanol–water partition coefficient (Wildman–Crippen LogP) is 1.84. The lowest BCUT2D eigenvalue weighted by Gasteiger charge is -2.14. The zero-order chi connectivity index (χ0) is 14.3. The van der Waals surface area contributed by atoms with Gasteiger partial charge in [-0.15, -0.1) is 0 Å². The van der Waals surface area contributed by atoms with Crippen LogP contribution < -0.4 is 14.8 Å². The quantitative estimate of drug-likeness (QED) is 0.794. The first-order valence-electron chi connectivity index (χ1n) is 5.98. The second-order valence-electron chi connectivity index (χ2n) is 4.15. The Morgan fingerprint density at radius 3 is 2.63 bits per heavy atom. The van der Waals surface area contributed by atoms with E-state index in [-0.39, 0.29) is 18.4 Å². The SMILES string of the molecule is COc1ccc(C(C)CC(=O)NCC#N)cc1OC. The summed E-state index contributed by atoms with van der Waals surface area (Å²) in [5.41, 5.74) is 0.991. The molecule has 0 aliphatic heterocycles. The maximum atomic E-state index is 11.5. The van der Waals surface area contributed by atoms with Gasteiger partial charge in [0.2, 0.25) is 5.91 Å². The predicted molar refractivity (Wildman–Crippen MR) is 71.2 cm³/mol. The van der Waals surface area contributed by atoms with E-state index in [0.717, 1.165) is 5.56 Å². The van der Waals surface area contributed by atoms with E-state index in [4.69, 9.17) is 14.7 Å². The van der Waals surface area contributed by atoms with Gasteiger partial charge in [-0.1, -0.05) is 13.0 Å². The topological polar surface area (TPSA) is 71.3 Å². The number of nitrogens with zero attached hydrogens (tertiary/aromatic N) is 1. The summed E-state index contributed by atoms with van der Waals surface area (Å²) in [5.74, 6) is 1.21. The minimum Gasteiger partial charge on any atom is -0.493 e. The van der Waals surface area contributed by atoms with Crippen LogP contribution in [-0.2, 0) is 4.79 Å². The fourth-order valence-corrected chi connectivity index (χ4v) is 1.77. The smallest absolute Gasteiger partial charge is 0.221 e. The molecule has 0 aromatic heterocycles. The molecule has 0 saturated heterocycles. The van der Waals surface area contributed by atoms with Gasteiger partial charge in [-0.25, -0.2) is 0 Å². The largest absolute Gasteiger partial charge is 0.493 e. The Bertz CT molecular complexity index is 480. The van der Waals surface area contributed by atoms with Crippen LogP contribution in [0.2, 0.25) is 0 Å². The highest BCUT2D eigenvalue weighted by Crippen LogP contribution is 2.31. The van der Waals surface area contributed by atoms with Crippen molar-refractivity contribution >= 4 is 5.91 Å². The molecule has 1 atom stereocenters. The molecular formula is C14H18N2O3. The number of carbonyl (C=O) groups is 1. The van der Waals surface area contributed by atoms with Gasteiger partial charge in [-0.05, 0) is 23.6 Å². The van der Waals surface area contributed by atoms with Gasteiger partial charge in [0.05, 0.1) is 20.3 Å². The van der Waals surface area contributed by atoms with E-state index in [9.17, 15) is 4.79 Å². The molecule has 5 heteroatoms. The number of hydrogen-bond acceptors (Lipinski definition) is 4. The van der Waals surface area contributed by atoms with E-state index in [1.165, 1.54) is 0 Å². The Labute approximate surface area is 113 Å². The molecule has 0 aliphatic rings. The summed E-state index contributed by atoms with van der Waals surface area (Å²) in [6.07, 6.45) is 0.331. The molecule has 102 valence electrons. The number of rotatable bonds is 6. The lowest BCUT2D eigenvalue weighted by molar-refractivity contribution is -0.121. The van der Waals surface area contributed by atoms with Gasteiger partial charge >= 0.3 is 0 Å². The van der Waals surface area contributed by atoms with Crippen molar-refractivity contribution < 1.29 is 14.3 Å². The molecule has 1 aromatic rings. The van der Waals surface area contributed by atoms with Crippen LogP contribution in [0.1, 0.15) is 24.8 Å². The minimum absolute atomic E-state index is 0.0392. The molecule has 1 rings (SSSR count). The van der Waals surface area contributed by atoms with Gasteiger partial charge in [0, 0.05) is 6.42 Å². The Hall–Kier alpha value is -2.22. The molecular weight excluding hydrogens is 244 g/mol. The molecule has 0 aliphatic carbocycles. The molecule has 0 fully saturated rings. The van der Waals surface area contributed by atoms with Gasteiger partial charge in [0.1, 0.15) is 6.54 Å². The first-order valence-corrected chi connectivity index (χ1v) is 5.98. The summed E-state index contributed by atoms with van der Waals surface area (Å²) in [5, 5.41) is 10.9. The molecule has 1 unspecified atom stereocenters. The van der Waals surface area contributed by atoms with Gasteiger partial charge in [-0.2, -0.15) is 5.26 Å². The molecule has 1 N–H and O–H groups in total. The highest BCUT2D eigenvalue weighted by atomic mass is 16.5. The number of nitriles is 1. The molecule has 0 bridgehead atoms. The normalized spacial score (nSPS) is 11.3. The molecule has 0 spiro atoms. The van der Waals surface area contributed by atoms with Crippen LogP contribution in [0.3, 0.4) is 0 Å². The van der Waals surface area contributed by atoms with Crippen molar-refractivity contribution in [3.8, 4) is 17.6 Å². The maximum Gasteiger partial charge on any atom is 0.221 e. The summed E-state index contributed by atoms with van der Waals surface area (Å²) >= 11 is 0. The third-order valence-electron chi connectivity index (χ3n) is 2.83. The Morgan fingerprint density at radius 1 is 1.37 bits per heavy atom. The van der Waals surface area contributed by atoms with Crippen molar-refractivity contribution in [1.29, 1.82) is 5.26 Å². The Balaban J connectivity index is 2.74. The van der Waals surface area contributed by atoms with Crippen LogP contribution in [0.5, 0.6) is 11.5 Å². The van der Waals surface area contributed by atoms with Crippen LogP contribution in [0, 0.1) is 11.3 Å². The van der Waals surface area contributed by atoms with E-state index < -0.39 is 0 Å². The van der Waals surface area contributed by atoms with E-state index in [2.05, 4.69) is 5.32 Å². The lowest BCUT2D eigenvalue weighted by Crippen LogP contribution is -2.24. The second-order valence-corrected chi connectivity index (χ2v) is 4.15. The number of amides is 1. The van der Waals surface area contributed by atoms with Crippen molar-refractivity contribution in [3.63, 3.8) is 0 Å². The van der Waals surface area contributed by atoms with Crippen LogP contribution in [0.25, 0.3) is 0 Å². The fourth-order valence-electron chi connectivity index (χ4n) is 1.77. The number of methoxy groups -OCH3 is 2. The first kappa shape index (κ1) is 14.8. The minimum atomic E-state index is -0.135. The zero-order valence-electron chi connectivity index (χ0n) is 11.4. The van der Waals surface area contributed by atoms with Crippen molar-refractivity contribution in [1.82, 2.24) is 5.32 Å². The summed E-state index contributed by atoms with van der Waals surface area (Å²) < 4.78 is 10.4. The van der Waals surface area contributed by atoms with Gasteiger partial charge in [0.25, 0.3) is 0 Å². The standard InChI is InChI=1S/C14H18N2O3/c1-10(8-14(17)16-7-6-15)11-4-5-12(18-2)13(9-11)19-3/h4-5,9-10H,7-8H2,1-3H3,(H,16,17). The fraction of sp³-hybridized carbons (Fsp3) is 0.429. The summed E-state index contributed by atoms with van der Waals surface area (Å²) in [4.78, 5) is 11.5. The number of hydrogen-bond donors (Lipinski definition) is 1. The second kappa shape index (κ2) is 7.27. The molecule has 5 nitrogen and oxygen atoms in total. The average Bonchev–Trinajstić information content (AvgIpc) is 2.44. The Kier molecular flexibility index (Phi) is 5.68. The van der Waals surface area contributed by atoms with Gasteiger partial charge in [-0.3, -0.25) is 4.79 Å². The number of benzene rings is 1. The Morgan fingerprint density at radius 2 is 2.05 bits per heavy atom. The number of nitrogens with one attached hydrogen (secondary N) is 1. The number of ether oxygens (including phenoxy) is 2. The van der Waals surface area contributed by atoms with Crippen LogP contribution in [-0.4, -0.2) is 26.7 Å². The molecule has 0 saturated carbocycles. The molecule has 0 heterocycles. The van der Waals surface area contributed by atoms with Crippen molar-refractivity contribution in [2.45, 2.75) is 19.3 Å². The highest BCUT2D eigenvalue weighted by molar-refractivity contribution is 5.77.